The number of hydrogen-bond donors (Lipinski definition) is 4. The molecule has 264 valence electrons. The van der Waals surface area contributed by atoms with Crippen LogP contribution in [0.15, 0.2) is 72.8 Å². The molecule has 4 aromatic rings. The van der Waals surface area contributed by atoms with Gasteiger partial charge in [0.15, 0.2) is 5.78 Å². The van der Waals surface area contributed by atoms with Crippen molar-refractivity contribution >= 4 is 34.8 Å². The molecule has 0 atom stereocenters. The first-order valence-corrected chi connectivity index (χ1v) is 18.3. The monoisotopic (exact) mass is 686 g/mol. The molecular formula is C43H46N2O6. The Hall–Kier alpha value is -5.24. The Morgan fingerprint density at radius 3 is 1.61 bits per heavy atom. The zero-order valence-corrected chi connectivity index (χ0v) is 29.4. The third-order valence-corrected chi connectivity index (χ3v) is 10.5. The fourth-order valence-electron chi connectivity index (χ4n) is 7.54. The van der Waals surface area contributed by atoms with Gasteiger partial charge in [-0.2, -0.15) is 0 Å². The Balaban J connectivity index is 1.21. The lowest BCUT2D eigenvalue weighted by atomic mass is 9.77. The number of unbranched alkanes of at least 4 members (excludes halogenated alkanes) is 3. The Labute approximate surface area is 299 Å². The molecule has 1 saturated carbocycles. The van der Waals surface area contributed by atoms with Crippen molar-refractivity contribution in [3.8, 4) is 11.5 Å². The molecule has 8 nitrogen and oxygen atoms in total. The average molecular weight is 687 g/mol. The summed E-state index contributed by atoms with van der Waals surface area (Å²) in [6.45, 7) is 4.35. The molecule has 0 heterocycles. The molecule has 0 unspecified atom stereocenters. The largest absolute Gasteiger partial charge is 0.507 e. The summed E-state index contributed by atoms with van der Waals surface area (Å²) in [4.78, 5) is 54.8. The number of anilines is 2. The van der Waals surface area contributed by atoms with E-state index in [2.05, 4.69) is 24.5 Å². The van der Waals surface area contributed by atoms with Crippen molar-refractivity contribution in [2.45, 2.75) is 90.4 Å². The smallest absolute Gasteiger partial charge is 0.255 e. The summed E-state index contributed by atoms with van der Waals surface area (Å²) in [6.07, 6.45) is 12.9. The molecule has 0 aliphatic heterocycles. The molecule has 1 fully saturated rings. The highest BCUT2D eigenvalue weighted by atomic mass is 16.3. The molecule has 4 aromatic carbocycles. The van der Waals surface area contributed by atoms with E-state index >= 15 is 0 Å². The van der Waals surface area contributed by atoms with E-state index in [9.17, 15) is 29.4 Å². The molecule has 6 rings (SSSR count). The van der Waals surface area contributed by atoms with Crippen LogP contribution < -0.4 is 10.6 Å². The van der Waals surface area contributed by atoms with Crippen molar-refractivity contribution in [1.82, 2.24) is 0 Å². The van der Waals surface area contributed by atoms with Crippen LogP contribution in [0.5, 0.6) is 11.5 Å². The highest BCUT2D eigenvalue weighted by Gasteiger charge is 2.38. The number of rotatable bonds is 12. The van der Waals surface area contributed by atoms with Crippen molar-refractivity contribution in [3.63, 3.8) is 0 Å². The number of fused-ring (bicyclic) bond motifs is 2. The van der Waals surface area contributed by atoms with E-state index < -0.39 is 34.9 Å². The van der Waals surface area contributed by atoms with Crippen LogP contribution in [-0.2, 0) is 6.42 Å². The lowest BCUT2D eigenvalue weighted by Crippen LogP contribution is -2.26. The number of ketones is 2. The maximum atomic E-state index is 14.2. The third kappa shape index (κ3) is 7.60. The third-order valence-electron chi connectivity index (χ3n) is 10.5. The highest BCUT2D eigenvalue weighted by Crippen LogP contribution is 2.43. The molecule has 0 aromatic heterocycles. The first-order chi connectivity index (χ1) is 24.7. The summed E-state index contributed by atoms with van der Waals surface area (Å²) in [5.74, 6) is -2.16. The van der Waals surface area contributed by atoms with Gasteiger partial charge < -0.3 is 20.8 Å². The van der Waals surface area contributed by atoms with Gasteiger partial charge in [-0.15, -0.1) is 0 Å². The number of carbonyl (C=O) groups is 4. The van der Waals surface area contributed by atoms with Gasteiger partial charge in [0, 0.05) is 11.1 Å². The summed E-state index contributed by atoms with van der Waals surface area (Å²) >= 11 is 0. The van der Waals surface area contributed by atoms with Crippen molar-refractivity contribution in [2.24, 2.45) is 5.92 Å². The minimum absolute atomic E-state index is 0.0260. The van der Waals surface area contributed by atoms with Crippen LogP contribution in [0.3, 0.4) is 0 Å². The predicted molar refractivity (Wildman–Crippen MR) is 199 cm³/mol. The quantitative estimate of drug-likeness (QED) is 0.0763. The lowest BCUT2D eigenvalue weighted by Gasteiger charge is -2.29. The maximum Gasteiger partial charge on any atom is 0.255 e. The Morgan fingerprint density at radius 2 is 1.10 bits per heavy atom. The molecule has 0 saturated heterocycles. The van der Waals surface area contributed by atoms with E-state index in [1.807, 2.05) is 24.3 Å². The van der Waals surface area contributed by atoms with Gasteiger partial charge in [0.25, 0.3) is 11.8 Å². The normalized spacial score (nSPS) is 16.7. The van der Waals surface area contributed by atoms with Crippen LogP contribution in [0.4, 0.5) is 11.4 Å². The maximum absolute atomic E-state index is 14.2. The SMILES string of the molecule is CCCCCC1CCC(c2ccc(C(=O)Nc3ccc(O)c4c3C(=O)c3c(NC(=O)c5ccc(CCCC)cc5)ccc(O)c3C4=O)cc2)CC1. The second-order valence-corrected chi connectivity index (χ2v) is 14.0. The zero-order valence-electron chi connectivity index (χ0n) is 29.4. The minimum Gasteiger partial charge on any atom is -0.507 e. The number of nitrogens with one attached hydrogen (secondary N) is 2. The lowest BCUT2D eigenvalue weighted by molar-refractivity contribution is 0.0973. The number of benzene rings is 4. The number of carbonyl (C=O) groups excluding carboxylic acids is 4. The first-order valence-electron chi connectivity index (χ1n) is 18.3. The van der Waals surface area contributed by atoms with Gasteiger partial charge in [0.05, 0.1) is 33.6 Å². The molecule has 0 spiro atoms. The van der Waals surface area contributed by atoms with E-state index in [1.165, 1.54) is 68.4 Å². The first kappa shape index (κ1) is 35.6. The number of amides is 2. The van der Waals surface area contributed by atoms with E-state index in [4.69, 9.17) is 0 Å². The summed E-state index contributed by atoms with van der Waals surface area (Å²) in [5.41, 5.74) is 2.03. The molecule has 4 N–H and O–H groups in total. The van der Waals surface area contributed by atoms with Crippen molar-refractivity contribution in [1.29, 1.82) is 0 Å². The summed E-state index contributed by atoms with van der Waals surface area (Å²) in [6, 6.07) is 19.9. The number of aryl methyl sites for hydroxylation is 1. The molecule has 0 bridgehead atoms. The topological polar surface area (TPSA) is 133 Å². The van der Waals surface area contributed by atoms with Crippen LogP contribution in [-0.4, -0.2) is 33.6 Å². The molecule has 51 heavy (non-hydrogen) atoms. The molecule has 2 aliphatic carbocycles. The van der Waals surface area contributed by atoms with Gasteiger partial charge >= 0.3 is 0 Å². The molecule has 2 aliphatic rings. The van der Waals surface area contributed by atoms with E-state index in [0.717, 1.165) is 43.6 Å². The van der Waals surface area contributed by atoms with Crippen molar-refractivity contribution in [3.05, 3.63) is 117 Å². The van der Waals surface area contributed by atoms with Gasteiger partial charge in [-0.25, -0.2) is 0 Å². The number of hydrogen-bond acceptors (Lipinski definition) is 6. The summed E-state index contributed by atoms with van der Waals surface area (Å²) in [7, 11) is 0. The van der Waals surface area contributed by atoms with Gasteiger partial charge in [0.2, 0.25) is 5.78 Å². The summed E-state index contributed by atoms with van der Waals surface area (Å²) < 4.78 is 0. The van der Waals surface area contributed by atoms with Crippen LogP contribution in [0, 0.1) is 5.92 Å². The van der Waals surface area contributed by atoms with Crippen LogP contribution in [0.2, 0.25) is 0 Å². The number of aromatic hydroxyl groups is 2. The Kier molecular flexibility index (Phi) is 11.0. The summed E-state index contributed by atoms with van der Waals surface area (Å²) in [5, 5.41) is 27.0. The number of phenols is 2. The second kappa shape index (κ2) is 15.8. The molecule has 8 heteroatoms. The van der Waals surface area contributed by atoms with Gasteiger partial charge in [-0.3, -0.25) is 19.2 Å². The fraction of sp³-hybridized carbons (Fsp3) is 0.349. The highest BCUT2D eigenvalue weighted by molar-refractivity contribution is 6.34. The number of phenolic OH excluding ortho intramolecular Hbond substituents is 2. The van der Waals surface area contributed by atoms with Gasteiger partial charge in [0.1, 0.15) is 11.5 Å². The van der Waals surface area contributed by atoms with Gasteiger partial charge in [-0.05, 0) is 110 Å². The minimum atomic E-state index is -0.800. The molecule has 0 radical (unpaired) electrons. The van der Waals surface area contributed by atoms with Crippen LogP contribution >= 0.6 is 0 Å². The van der Waals surface area contributed by atoms with Crippen LogP contribution in [0.1, 0.15) is 148 Å². The fourth-order valence-corrected chi connectivity index (χ4v) is 7.54. The Morgan fingerprint density at radius 1 is 0.608 bits per heavy atom. The van der Waals surface area contributed by atoms with E-state index in [1.54, 1.807) is 24.3 Å². The second-order valence-electron chi connectivity index (χ2n) is 14.0. The standard InChI is InChI=1S/C43H46N2O6/c1-3-5-7-9-27-10-14-28(15-11-27)29-18-20-31(21-19-29)43(51)45-33-23-25-35(47)39-37(33)40(48)36-32(22-24-34(46)38(36)41(39)49)44-42(50)30-16-12-26(13-17-30)8-6-4-2/h12-13,16-25,27-28,46-47H,3-11,14-15H2,1-2H3,(H,44,50)(H,45,51). The van der Waals surface area contributed by atoms with E-state index in [0.29, 0.717) is 17.0 Å². The Bertz CT molecular complexity index is 1940. The zero-order chi connectivity index (χ0) is 36.1. The van der Waals surface area contributed by atoms with E-state index in [-0.39, 0.29) is 33.6 Å². The van der Waals surface area contributed by atoms with Crippen LogP contribution in [0.25, 0.3) is 0 Å². The average Bonchev–Trinajstić information content (AvgIpc) is 3.15. The van der Waals surface area contributed by atoms with Gasteiger partial charge in [-0.1, -0.05) is 70.2 Å². The molecule has 2 amide bonds. The van der Waals surface area contributed by atoms with Crippen molar-refractivity contribution < 1.29 is 29.4 Å². The van der Waals surface area contributed by atoms with Crippen molar-refractivity contribution in [2.75, 3.05) is 10.6 Å². The molecular weight excluding hydrogens is 640 g/mol. The predicted octanol–water partition coefficient (Wildman–Crippen LogP) is 9.57.